The molecule has 1 rings (SSSR count). The molecule has 1 aromatic carbocycles. The highest BCUT2D eigenvalue weighted by atomic mass is 19.1. The van der Waals surface area contributed by atoms with Gasteiger partial charge >= 0.3 is 12.1 Å². The van der Waals surface area contributed by atoms with Gasteiger partial charge < -0.3 is 20.5 Å². The first-order valence-corrected chi connectivity index (χ1v) is 8.19. The number of alkyl carbamates (subject to hydrolysis) is 1. The van der Waals surface area contributed by atoms with Crippen molar-refractivity contribution in [2.75, 3.05) is 6.67 Å². The van der Waals surface area contributed by atoms with Gasteiger partial charge in [0.1, 0.15) is 24.4 Å². The first-order valence-electron chi connectivity index (χ1n) is 8.19. The molecule has 0 fully saturated rings. The van der Waals surface area contributed by atoms with Crippen LogP contribution < -0.4 is 10.6 Å². The number of amides is 2. The maximum Gasteiger partial charge on any atom is 0.408 e. The number of alkyl halides is 1. The second-order valence-electron chi connectivity index (χ2n) is 6.75. The van der Waals surface area contributed by atoms with Gasteiger partial charge in [-0.05, 0) is 26.3 Å². The molecule has 0 aliphatic carbocycles. The van der Waals surface area contributed by atoms with E-state index in [9.17, 15) is 23.6 Å². The fraction of sp³-hybridized carbons (Fsp3) is 0.444. The quantitative estimate of drug-likeness (QED) is 0.630. The van der Waals surface area contributed by atoms with Crippen molar-refractivity contribution in [1.29, 1.82) is 0 Å². The largest absolute Gasteiger partial charge is 0.481 e. The summed E-state index contributed by atoms with van der Waals surface area (Å²) in [7, 11) is 0. The molecule has 8 nitrogen and oxygen atoms in total. The van der Waals surface area contributed by atoms with Crippen LogP contribution in [0.15, 0.2) is 30.3 Å². The van der Waals surface area contributed by atoms with Gasteiger partial charge in [-0.15, -0.1) is 0 Å². The minimum absolute atomic E-state index is 0.377. The van der Waals surface area contributed by atoms with E-state index in [0.29, 0.717) is 5.56 Å². The minimum Gasteiger partial charge on any atom is -0.481 e. The van der Waals surface area contributed by atoms with Gasteiger partial charge in [-0.25, -0.2) is 9.18 Å². The number of ether oxygens (including phenoxy) is 1. The molecular formula is C18H23FN2O6. The summed E-state index contributed by atoms with van der Waals surface area (Å²) >= 11 is 0. The number of hydrogen-bond donors (Lipinski definition) is 3. The fourth-order valence-corrected chi connectivity index (χ4v) is 2.14. The topological polar surface area (TPSA) is 122 Å². The van der Waals surface area contributed by atoms with Crippen LogP contribution in [0.2, 0.25) is 0 Å². The number of aliphatic carboxylic acids is 1. The Morgan fingerprint density at radius 1 is 1.11 bits per heavy atom. The zero-order valence-electron chi connectivity index (χ0n) is 15.3. The Bertz CT molecular complexity index is 687. The van der Waals surface area contributed by atoms with Crippen LogP contribution in [0.4, 0.5) is 9.18 Å². The van der Waals surface area contributed by atoms with E-state index in [1.54, 1.807) is 51.1 Å². The smallest absolute Gasteiger partial charge is 0.408 e. The molecule has 0 saturated carbocycles. The van der Waals surface area contributed by atoms with E-state index < -0.39 is 54.5 Å². The van der Waals surface area contributed by atoms with Crippen molar-refractivity contribution in [2.45, 2.75) is 44.9 Å². The van der Waals surface area contributed by atoms with E-state index in [-0.39, 0.29) is 0 Å². The lowest BCUT2D eigenvalue weighted by Crippen LogP contribution is -2.49. The van der Waals surface area contributed by atoms with Crippen LogP contribution in [0.1, 0.15) is 38.8 Å². The number of carbonyl (C=O) groups excluding carboxylic acids is 3. The third kappa shape index (κ3) is 7.85. The van der Waals surface area contributed by atoms with Gasteiger partial charge in [-0.2, -0.15) is 0 Å². The van der Waals surface area contributed by atoms with Gasteiger partial charge in [0.15, 0.2) is 5.78 Å². The molecule has 2 amide bonds. The molecule has 0 bridgehead atoms. The molecule has 0 spiro atoms. The van der Waals surface area contributed by atoms with Gasteiger partial charge in [-0.3, -0.25) is 14.4 Å². The molecular weight excluding hydrogens is 359 g/mol. The number of carboxylic acid groups (broad SMARTS) is 1. The second kappa shape index (κ2) is 9.65. The second-order valence-corrected chi connectivity index (χ2v) is 6.75. The molecule has 3 N–H and O–H groups in total. The Morgan fingerprint density at radius 2 is 1.70 bits per heavy atom. The van der Waals surface area contributed by atoms with E-state index in [0.717, 1.165) is 0 Å². The van der Waals surface area contributed by atoms with E-state index >= 15 is 0 Å². The van der Waals surface area contributed by atoms with Crippen LogP contribution in [0, 0.1) is 0 Å². The van der Waals surface area contributed by atoms with Crippen LogP contribution in [0.5, 0.6) is 0 Å². The van der Waals surface area contributed by atoms with Crippen LogP contribution in [-0.2, 0) is 19.1 Å². The van der Waals surface area contributed by atoms with E-state index in [1.807, 2.05) is 0 Å². The highest BCUT2D eigenvalue weighted by Gasteiger charge is 2.30. The summed E-state index contributed by atoms with van der Waals surface area (Å²) in [6, 6.07) is 5.28. The van der Waals surface area contributed by atoms with Crippen molar-refractivity contribution in [3.63, 3.8) is 0 Å². The summed E-state index contributed by atoms with van der Waals surface area (Å²) in [6.07, 6.45) is -1.65. The van der Waals surface area contributed by atoms with Crippen LogP contribution >= 0.6 is 0 Å². The molecule has 148 valence electrons. The predicted molar refractivity (Wildman–Crippen MR) is 93.7 cm³/mol. The SMILES string of the molecule is CC(C)(C)OC(=O)NC(C(=O)NC(CC(=O)O)C(=O)CF)c1ccccc1. The Labute approximate surface area is 156 Å². The molecule has 2 atom stereocenters. The number of Topliss-reactive ketones (excluding diaryl/α,β-unsaturated/α-hetero) is 1. The van der Waals surface area contributed by atoms with Crippen LogP contribution in [-0.4, -0.2) is 47.2 Å². The number of benzene rings is 1. The van der Waals surface area contributed by atoms with E-state index in [4.69, 9.17) is 9.84 Å². The lowest BCUT2D eigenvalue weighted by molar-refractivity contribution is -0.140. The summed E-state index contributed by atoms with van der Waals surface area (Å²) in [6.45, 7) is 3.51. The average Bonchev–Trinajstić information content (AvgIpc) is 2.57. The molecule has 0 heterocycles. The number of carbonyl (C=O) groups is 4. The third-order valence-corrected chi connectivity index (χ3v) is 3.27. The van der Waals surface area contributed by atoms with Gasteiger partial charge in [-0.1, -0.05) is 30.3 Å². The van der Waals surface area contributed by atoms with Crippen LogP contribution in [0.25, 0.3) is 0 Å². The van der Waals surface area contributed by atoms with Crippen molar-refractivity contribution in [1.82, 2.24) is 10.6 Å². The molecule has 9 heteroatoms. The molecule has 0 aromatic heterocycles. The number of carboxylic acids is 1. The average molecular weight is 382 g/mol. The maximum absolute atomic E-state index is 12.7. The first kappa shape index (κ1) is 22.1. The molecule has 27 heavy (non-hydrogen) atoms. The summed E-state index contributed by atoms with van der Waals surface area (Å²) in [5, 5.41) is 13.4. The van der Waals surface area contributed by atoms with Crippen molar-refractivity contribution in [2.24, 2.45) is 0 Å². The van der Waals surface area contributed by atoms with E-state index in [2.05, 4.69) is 10.6 Å². The Balaban J connectivity index is 3.03. The molecule has 0 aliphatic rings. The fourth-order valence-electron chi connectivity index (χ4n) is 2.14. The predicted octanol–water partition coefficient (Wildman–Crippen LogP) is 1.75. The van der Waals surface area contributed by atoms with Gasteiger partial charge in [0.2, 0.25) is 5.91 Å². The van der Waals surface area contributed by atoms with Gasteiger partial charge in [0, 0.05) is 0 Å². The van der Waals surface area contributed by atoms with Crippen LogP contribution in [0.3, 0.4) is 0 Å². The molecule has 0 aliphatic heterocycles. The lowest BCUT2D eigenvalue weighted by Gasteiger charge is -2.24. The minimum atomic E-state index is -1.55. The number of hydrogen-bond acceptors (Lipinski definition) is 5. The number of halogens is 1. The molecule has 1 aromatic rings. The standard InChI is InChI=1S/C18H23FN2O6/c1-18(2,3)27-17(26)21-15(11-7-5-4-6-8-11)16(25)20-12(9-14(23)24)13(22)10-19/h4-8,12,15H,9-10H2,1-3H3,(H,20,25)(H,21,26)(H,23,24). The first-order chi connectivity index (χ1) is 12.5. The Morgan fingerprint density at radius 3 is 2.19 bits per heavy atom. The van der Waals surface area contributed by atoms with E-state index in [1.165, 1.54) is 0 Å². The maximum atomic E-state index is 12.7. The van der Waals surface area contributed by atoms with Gasteiger partial charge in [0.05, 0.1) is 6.42 Å². The molecule has 0 saturated heterocycles. The van der Waals surface area contributed by atoms with Crippen molar-refractivity contribution < 1.29 is 33.4 Å². The summed E-state index contributed by atoms with van der Waals surface area (Å²) in [4.78, 5) is 47.1. The lowest BCUT2D eigenvalue weighted by atomic mass is 10.0. The monoisotopic (exact) mass is 382 g/mol. The molecule has 0 radical (unpaired) electrons. The number of ketones is 1. The van der Waals surface area contributed by atoms with Crippen molar-refractivity contribution in [3.8, 4) is 0 Å². The zero-order chi connectivity index (χ0) is 20.6. The van der Waals surface area contributed by atoms with Gasteiger partial charge in [0.25, 0.3) is 0 Å². The Hall–Kier alpha value is -2.97. The highest BCUT2D eigenvalue weighted by Crippen LogP contribution is 2.15. The third-order valence-electron chi connectivity index (χ3n) is 3.27. The number of rotatable bonds is 8. The normalized spacial score (nSPS) is 13.2. The van der Waals surface area contributed by atoms with Crippen molar-refractivity contribution in [3.05, 3.63) is 35.9 Å². The summed E-state index contributed by atoms with van der Waals surface area (Å²) in [5.74, 6) is -3.31. The Kier molecular flexibility index (Phi) is 7.89. The van der Waals surface area contributed by atoms with Crippen molar-refractivity contribution >= 4 is 23.8 Å². The number of nitrogens with one attached hydrogen (secondary N) is 2. The molecule has 2 unspecified atom stereocenters. The summed E-state index contributed by atoms with van der Waals surface area (Å²) in [5.41, 5.74) is -0.430. The zero-order valence-corrected chi connectivity index (χ0v) is 15.3. The highest BCUT2D eigenvalue weighted by molar-refractivity contribution is 5.95. The summed E-state index contributed by atoms with van der Waals surface area (Å²) < 4.78 is 17.8.